The maximum atomic E-state index is 5.86. The molecule has 0 aromatic heterocycles. The van der Waals surface area contributed by atoms with Gasteiger partial charge in [-0.25, -0.2) is 0 Å². The molecule has 0 aliphatic rings. The lowest BCUT2D eigenvalue weighted by molar-refractivity contribution is 0.00695. The summed E-state index contributed by atoms with van der Waals surface area (Å²) in [7, 11) is 0. The van der Waals surface area contributed by atoms with Crippen LogP contribution >= 0.6 is 11.8 Å². The highest BCUT2D eigenvalue weighted by atomic mass is 32.2. The van der Waals surface area contributed by atoms with Crippen molar-refractivity contribution in [2.24, 2.45) is 5.73 Å². The van der Waals surface area contributed by atoms with E-state index in [1.54, 1.807) is 0 Å². The number of nitrogens with two attached hydrogens (primary N) is 1. The molecule has 0 saturated heterocycles. The lowest BCUT2D eigenvalue weighted by Crippen LogP contribution is -2.20. The number of hydrogen-bond acceptors (Lipinski definition) is 3. The van der Waals surface area contributed by atoms with Crippen molar-refractivity contribution < 1.29 is 4.74 Å². The molecule has 0 saturated carbocycles. The van der Waals surface area contributed by atoms with Crippen LogP contribution in [0.4, 0.5) is 0 Å². The molecule has 1 aromatic carbocycles. The van der Waals surface area contributed by atoms with E-state index in [1.165, 1.54) is 10.5 Å². The lowest BCUT2D eigenvalue weighted by atomic mass is 10.1. The number of thioether (sulfide) groups is 1. The van der Waals surface area contributed by atoms with Crippen molar-refractivity contribution in [1.29, 1.82) is 0 Å². The predicted octanol–water partition coefficient (Wildman–Crippen LogP) is 3.61. The second-order valence-corrected chi connectivity index (χ2v) is 6.34. The average Bonchev–Trinajstić information content (AvgIpc) is 2.23. The maximum absolute atomic E-state index is 5.86. The van der Waals surface area contributed by atoms with Gasteiger partial charge in [0.25, 0.3) is 0 Å². The van der Waals surface area contributed by atoms with Gasteiger partial charge in [-0.05, 0) is 45.4 Å². The standard InChI is InChI=1S/C14H23NOS/c1-11(15)12-6-5-7-13(10-12)17-9-8-16-14(2,3)4/h5-7,10-11H,8-9,15H2,1-4H3. The Hall–Kier alpha value is -0.510. The van der Waals surface area contributed by atoms with Gasteiger partial charge in [0, 0.05) is 16.7 Å². The molecule has 0 amide bonds. The van der Waals surface area contributed by atoms with Crippen LogP contribution in [0.3, 0.4) is 0 Å². The average molecular weight is 253 g/mol. The lowest BCUT2D eigenvalue weighted by Gasteiger charge is -2.19. The second kappa shape index (κ2) is 6.43. The molecule has 0 spiro atoms. The summed E-state index contributed by atoms with van der Waals surface area (Å²) in [6.07, 6.45) is 0. The van der Waals surface area contributed by atoms with E-state index in [-0.39, 0.29) is 11.6 Å². The van der Waals surface area contributed by atoms with E-state index in [4.69, 9.17) is 10.5 Å². The summed E-state index contributed by atoms with van der Waals surface area (Å²) in [4.78, 5) is 1.26. The van der Waals surface area contributed by atoms with Crippen LogP contribution in [0.25, 0.3) is 0 Å². The van der Waals surface area contributed by atoms with E-state index >= 15 is 0 Å². The van der Waals surface area contributed by atoms with Gasteiger partial charge in [0.15, 0.2) is 0 Å². The van der Waals surface area contributed by atoms with Crippen molar-refractivity contribution in [1.82, 2.24) is 0 Å². The van der Waals surface area contributed by atoms with Crippen LogP contribution in [0.15, 0.2) is 29.2 Å². The number of rotatable bonds is 5. The summed E-state index contributed by atoms with van der Waals surface area (Å²) in [5.41, 5.74) is 7.00. The fourth-order valence-corrected chi connectivity index (χ4v) is 2.19. The minimum Gasteiger partial charge on any atom is -0.375 e. The molecular formula is C14H23NOS. The largest absolute Gasteiger partial charge is 0.375 e. The van der Waals surface area contributed by atoms with Gasteiger partial charge >= 0.3 is 0 Å². The Kier molecular flexibility index (Phi) is 5.50. The molecule has 1 rings (SSSR count). The van der Waals surface area contributed by atoms with Gasteiger partial charge in [0.1, 0.15) is 0 Å². The van der Waals surface area contributed by atoms with Gasteiger partial charge in [-0.15, -0.1) is 11.8 Å². The first-order valence-corrected chi connectivity index (χ1v) is 6.99. The van der Waals surface area contributed by atoms with Crippen molar-refractivity contribution in [3.05, 3.63) is 29.8 Å². The molecule has 0 heterocycles. The highest BCUT2D eigenvalue weighted by Gasteiger charge is 2.09. The minimum absolute atomic E-state index is 0.0474. The van der Waals surface area contributed by atoms with Crippen molar-refractivity contribution >= 4 is 11.8 Å². The Labute approximate surface area is 109 Å². The summed E-state index contributed by atoms with van der Waals surface area (Å²) in [5, 5.41) is 0. The summed E-state index contributed by atoms with van der Waals surface area (Å²) >= 11 is 1.81. The summed E-state index contributed by atoms with van der Waals surface area (Å²) in [6.45, 7) is 9.01. The zero-order chi connectivity index (χ0) is 12.9. The van der Waals surface area contributed by atoms with Crippen molar-refractivity contribution in [3.8, 4) is 0 Å². The fraction of sp³-hybridized carbons (Fsp3) is 0.571. The molecule has 3 heteroatoms. The molecule has 1 atom stereocenters. The molecule has 96 valence electrons. The molecule has 0 bridgehead atoms. The molecule has 0 radical (unpaired) electrons. The molecule has 0 aliphatic heterocycles. The Balaban J connectivity index is 2.39. The van der Waals surface area contributed by atoms with Crippen molar-refractivity contribution in [2.45, 2.75) is 44.2 Å². The second-order valence-electron chi connectivity index (χ2n) is 5.17. The first-order chi connectivity index (χ1) is 7.88. The van der Waals surface area contributed by atoms with E-state index in [9.17, 15) is 0 Å². The first-order valence-electron chi connectivity index (χ1n) is 6.01. The van der Waals surface area contributed by atoms with Gasteiger partial charge in [-0.2, -0.15) is 0 Å². The van der Waals surface area contributed by atoms with Gasteiger partial charge in [-0.3, -0.25) is 0 Å². The zero-order valence-electron chi connectivity index (χ0n) is 11.2. The Morgan fingerprint density at radius 2 is 2.06 bits per heavy atom. The molecule has 1 aromatic rings. The molecule has 0 fully saturated rings. The maximum Gasteiger partial charge on any atom is 0.0598 e. The topological polar surface area (TPSA) is 35.2 Å². The third-order valence-corrected chi connectivity index (χ3v) is 3.23. The zero-order valence-corrected chi connectivity index (χ0v) is 12.0. The monoisotopic (exact) mass is 253 g/mol. The van der Waals surface area contributed by atoms with Crippen LogP contribution in [0.5, 0.6) is 0 Å². The molecular weight excluding hydrogens is 230 g/mol. The van der Waals surface area contributed by atoms with Gasteiger partial charge in [0.2, 0.25) is 0 Å². The van der Waals surface area contributed by atoms with E-state index in [0.717, 1.165) is 12.4 Å². The van der Waals surface area contributed by atoms with E-state index in [0.29, 0.717) is 0 Å². The molecule has 0 aliphatic carbocycles. The van der Waals surface area contributed by atoms with E-state index in [1.807, 2.05) is 18.7 Å². The Bertz CT molecular complexity index is 344. The summed E-state index contributed by atoms with van der Waals surface area (Å²) in [5.74, 6) is 0.972. The molecule has 1 unspecified atom stereocenters. The Morgan fingerprint density at radius 1 is 1.35 bits per heavy atom. The fourth-order valence-electron chi connectivity index (χ4n) is 1.39. The smallest absolute Gasteiger partial charge is 0.0598 e. The third kappa shape index (κ3) is 6.10. The Morgan fingerprint density at radius 3 is 2.65 bits per heavy atom. The highest BCUT2D eigenvalue weighted by Crippen LogP contribution is 2.21. The van der Waals surface area contributed by atoms with Crippen LogP contribution in [0.1, 0.15) is 39.3 Å². The van der Waals surface area contributed by atoms with Gasteiger partial charge in [-0.1, -0.05) is 12.1 Å². The first kappa shape index (κ1) is 14.6. The SMILES string of the molecule is CC(N)c1cccc(SCCOC(C)(C)C)c1. The van der Waals surface area contributed by atoms with Gasteiger partial charge in [0.05, 0.1) is 12.2 Å². The van der Waals surface area contributed by atoms with E-state index in [2.05, 4.69) is 45.0 Å². The third-order valence-electron chi connectivity index (χ3n) is 2.27. The van der Waals surface area contributed by atoms with Crippen molar-refractivity contribution in [3.63, 3.8) is 0 Å². The number of ether oxygens (including phenoxy) is 1. The number of benzene rings is 1. The van der Waals surface area contributed by atoms with Gasteiger partial charge < -0.3 is 10.5 Å². The van der Waals surface area contributed by atoms with Crippen molar-refractivity contribution in [2.75, 3.05) is 12.4 Å². The summed E-state index contributed by atoms with van der Waals surface area (Å²) in [6, 6.07) is 8.51. The van der Waals surface area contributed by atoms with Crippen LogP contribution < -0.4 is 5.73 Å². The van der Waals surface area contributed by atoms with Crippen LogP contribution in [0.2, 0.25) is 0 Å². The number of hydrogen-bond donors (Lipinski definition) is 1. The molecule has 17 heavy (non-hydrogen) atoms. The quantitative estimate of drug-likeness (QED) is 0.643. The molecule has 2 N–H and O–H groups in total. The van der Waals surface area contributed by atoms with E-state index < -0.39 is 0 Å². The van der Waals surface area contributed by atoms with Crippen LogP contribution in [0, 0.1) is 0 Å². The molecule has 2 nitrogen and oxygen atoms in total. The predicted molar refractivity (Wildman–Crippen MR) is 75.5 cm³/mol. The normalized spacial score (nSPS) is 13.7. The minimum atomic E-state index is -0.0474. The summed E-state index contributed by atoms with van der Waals surface area (Å²) < 4.78 is 5.68. The van der Waals surface area contributed by atoms with Crippen LogP contribution in [-0.4, -0.2) is 18.0 Å². The highest BCUT2D eigenvalue weighted by molar-refractivity contribution is 7.99. The van der Waals surface area contributed by atoms with Crippen LogP contribution in [-0.2, 0) is 4.74 Å².